The average molecular weight is 358 g/mol. The minimum absolute atomic E-state index is 0.0139. The summed E-state index contributed by atoms with van der Waals surface area (Å²) in [4.78, 5) is 8.50. The summed E-state index contributed by atoms with van der Waals surface area (Å²) in [6.45, 7) is 3.90. The van der Waals surface area contributed by atoms with Gasteiger partial charge < -0.3 is 9.84 Å². The predicted octanol–water partition coefficient (Wildman–Crippen LogP) is 3.39. The van der Waals surface area contributed by atoms with Crippen LogP contribution in [0.15, 0.2) is 24.3 Å². The lowest BCUT2D eigenvalue weighted by Crippen LogP contribution is -2.34. The molecule has 1 saturated heterocycles. The number of fused-ring (bicyclic) bond motifs is 1. The molecule has 7 heteroatoms. The largest absolute Gasteiger partial charge is 0.497 e. The van der Waals surface area contributed by atoms with E-state index < -0.39 is 0 Å². The fourth-order valence-electron chi connectivity index (χ4n) is 3.52. The number of ether oxygens (including phenoxy) is 1. The van der Waals surface area contributed by atoms with Crippen LogP contribution in [0, 0.1) is 6.92 Å². The number of aromatic nitrogens is 3. The molecule has 6 nitrogen and oxygen atoms in total. The van der Waals surface area contributed by atoms with Crippen LogP contribution < -0.4 is 4.74 Å². The van der Waals surface area contributed by atoms with Gasteiger partial charge in [-0.1, -0.05) is 29.9 Å². The maximum absolute atomic E-state index is 10.8. The molecule has 1 aliphatic rings. The Balaban J connectivity index is 1.80. The molecule has 0 unspecified atom stereocenters. The van der Waals surface area contributed by atoms with Gasteiger partial charge in [-0.05, 0) is 50.6 Å². The molecular formula is C18H22N4O2S. The van der Waals surface area contributed by atoms with Gasteiger partial charge in [-0.15, -0.1) is 5.10 Å². The van der Waals surface area contributed by atoms with E-state index in [0.717, 1.165) is 34.2 Å². The molecule has 0 saturated carbocycles. The van der Waals surface area contributed by atoms with Crippen LogP contribution in [0.1, 0.15) is 41.6 Å². The van der Waals surface area contributed by atoms with Crippen LogP contribution in [0.3, 0.4) is 0 Å². The molecule has 1 N–H and O–H groups in total. The normalized spacial score (nSPS) is 17.0. The van der Waals surface area contributed by atoms with Gasteiger partial charge in [-0.25, -0.2) is 4.98 Å². The van der Waals surface area contributed by atoms with E-state index in [4.69, 9.17) is 4.74 Å². The molecule has 1 fully saturated rings. The zero-order valence-corrected chi connectivity index (χ0v) is 15.3. The summed E-state index contributed by atoms with van der Waals surface area (Å²) < 4.78 is 6.84. The number of hydrogen-bond donors (Lipinski definition) is 1. The summed E-state index contributed by atoms with van der Waals surface area (Å²) in [5, 5.41) is 15.1. The van der Waals surface area contributed by atoms with Crippen molar-refractivity contribution in [2.24, 2.45) is 0 Å². The van der Waals surface area contributed by atoms with E-state index in [0.29, 0.717) is 5.82 Å². The molecule has 3 aromatic rings. The lowest BCUT2D eigenvalue weighted by atomic mass is 10.0. The van der Waals surface area contributed by atoms with Gasteiger partial charge in [0.15, 0.2) is 0 Å². The summed E-state index contributed by atoms with van der Waals surface area (Å²) in [5.41, 5.74) is 1.15. The molecule has 25 heavy (non-hydrogen) atoms. The van der Waals surface area contributed by atoms with Crippen LogP contribution in [0.4, 0.5) is 0 Å². The summed E-state index contributed by atoms with van der Waals surface area (Å²) in [6.07, 6.45) is 3.65. The molecule has 1 aromatic carbocycles. The third kappa shape index (κ3) is 2.98. The number of piperidine rings is 1. The number of likely N-dealkylation sites (tertiary alicyclic amines) is 1. The van der Waals surface area contributed by atoms with Crippen molar-refractivity contribution in [3.63, 3.8) is 0 Å². The van der Waals surface area contributed by atoms with E-state index in [1.165, 1.54) is 30.6 Å². The maximum Gasteiger partial charge on any atom is 0.230 e. The van der Waals surface area contributed by atoms with Gasteiger partial charge in [-0.3, -0.25) is 4.90 Å². The van der Waals surface area contributed by atoms with Gasteiger partial charge in [0.05, 0.1) is 18.0 Å². The molecule has 0 amide bonds. The van der Waals surface area contributed by atoms with E-state index in [1.54, 1.807) is 11.6 Å². The molecule has 0 spiro atoms. The van der Waals surface area contributed by atoms with Crippen LogP contribution in [0.2, 0.25) is 0 Å². The topological polar surface area (TPSA) is 62.9 Å². The first-order valence-corrected chi connectivity index (χ1v) is 9.42. The average Bonchev–Trinajstić information content (AvgIpc) is 3.15. The van der Waals surface area contributed by atoms with Crippen LogP contribution in [-0.4, -0.2) is 44.8 Å². The van der Waals surface area contributed by atoms with Crippen molar-refractivity contribution in [3.8, 4) is 11.6 Å². The first-order valence-electron chi connectivity index (χ1n) is 8.60. The molecular weight excluding hydrogens is 336 g/mol. The second-order valence-electron chi connectivity index (χ2n) is 6.42. The molecule has 132 valence electrons. The molecule has 0 aliphatic carbocycles. The highest BCUT2D eigenvalue weighted by Gasteiger charge is 2.30. The molecule has 1 atom stereocenters. The van der Waals surface area contributed by atoms with Crippen molar-refractivity contribution in [3.05, 3.63) is 40.5 Å². The van der Waals surface area contributed by atoms with Crippen molar-refractivity contribution in [1.82, 2.24) is 19.5 Å². The third-order valence-corrected chi connectivity index (χ3v) is 5.81. The number of nitrogens with zero attached hydrogens (tertiary/aromatic N) is 4. The zero-order chi connectivity index (χ0) is 17.4. The van der Waals surface area contributed by atoms with Gasteiger partial charge >= 0.3 is 0 Å². The highest BCUT2D eigenvalue weighted by Crippen LogP contribution is 2.41. The summed E-state index contributed by atoms with van der Waals surface area (Å²) in [6, 6.07) is 8.13. The quantitative estimate of drug-likeness (QED) is 0.774. The van der Waals surface area contributed by atoms with E-state index in [2.05, 4.69) is 27.1 Å². The van der Waals surface area contributed by atoms with Crippen LogP contribution in [-0.2, 0) is 0 Å². The third-order valence-electron chi connectivity index (χ3n) is 4.74. The smallest absolute Gasteiger partial charge is 0.230 e. The molecule has 2 aromatic heterocycles. The Morgan fingerprint density at radius 2 is 1.88 bits per heavy atom. The first-order chi connectivity index (χ1) is 12.2. The lowest BCUT2D eigenvalue weighted by Gasteiger charge is -2.34. The van der Waals surface area contributed by atoms with Crippen molar-refractivity contribution >= 4 is 16.3 Å². The van der Waals surface area contributed by atoms with E-state index in [-0.39, 0.29) is 11.9 Å². The predicted molar refractivity (Wildman–Crippen MR) is 97.5 cm³/mol. The summed E-state index contributed by atoms with van der Waals surface area (Å²) >= 11 is 1.52. The highest BCUT2D eigenvalue weighted by molar-refractivity contribution is 7.17. The van der Waals surface area contributed by atoms with E-state index in [9.17, 15) is 5.11 Å². The monoisotopic (exact) mass is 358 g/mol. The van der Waals surface area contributed by atoms with Crippen LogP contribution in [0.25, 0.3) is 4.96 Å². The number of aromatic hydroxyl groups is 1. The fraction of sp³-hybridized carbons (Fsp3) is 0.444. The molecule has 3 heterocycles. The molecule has 1 aliphatic heterocycles. The van der Waals surface area contributed by atoms with Gasteiger partial charge in [0.25, 0.3) is 0 Å². The second kappa shape index (κ2) is 6.65. The number of benzene rings is 1. The molecule has 0 radical (unpaired) electrons. The Labute approximate surface area is 150 Å². The van der Waals surface area contributed by atoms with E-state index in [1.807, 2.05) is 19.1 Å². The minimum Gasteiger partial charge on any atom is -0.497 e. The number of aryl methyl sites for hydroxylation is 1. The number of hydrogen-bond acceptors (Lipinski definition) is 6. The summed E-state index contributed by atoms with van der Waals surface area (Å²) in [7, 11) is 1.67. The number of rotatable bonds is 4. The van der Waals surface area contributed by atoms with Crippen molar-refractivity contribution < 1.29 is 9.84 Å². The number of methoxy groups -OCH3 is 1. The Bertz CT molecular complexity index is 865. The Morgan fingerprint density at radius 3 is 2.52 bits per heavy atom. The van der Waals surface area contributed by atoms with Crippen LogP contribution in [0.5, 0.6) is 11.6 Å². The SMILES string of the molecule is COc1ccc([C@@H](c2sc3nc(C)nn3c2O)N2CCCCC2)cc1. The number of thiazole rings is 1. The van der Waals surface area contributed by atoms with Gasteiger partial charge in [0.2, 0.25) is 10.8 Å². The Morgan fingerprint density at radius 1 is 1.16 bits per heavy atom. The van der Waals surface area contributed by atoms with Crippen molar-refractivity contribution in [2.45, 2.75) is 32.2 Å². The maximum atomic E-state index is 10.8. The van der Waals surface area contributed by atoms with Crippen LogP contribution >= 0.6 is 11.3 Å². The van der Waals surface area contributed by atoms with E-state index >= 15 is 0 Å². The Hall–Kier alpha value is -2.12. The lowest BCUT2D eigenvalue weighted by molar-refractivity contribution is 0.186. The van der Waals surface area contributed by atoms with Crippen molar-refractivity contribution in [2.75, 3.05) is 20.2 Å². The van der Waals surface area contributed by atoms with Gasteiger partial charge in [0, 0.05) is 0 Å². The standard InChI is InChI=1S/C18H22N4O2S/c1-12-19-18-22(20-12)17(23)16(25-18)15(21-10-4-3-5-11-21)13-6-8-14(24-2)9-7-13/h6-9,15,23H,3-5,10-11H2,1-2H3/t15-/m0/s1. The highest BCUT2D eigenvalue weighted by atomic mass is 32.1. The fourth-order valence-corrected chi connectivity index (χ4v) is 4.68. The zero-order valence-electron chi connectivity index (χ0n) is 14.5. The van der Waals surface area contributed by atoms with Gasteiger partial charge in [-0.2, -0.15) is 4.52 Å². The van der Waals surface area contributed by atoms with Crippen molar-refractivity contribution in [1.29, 1.82) is 0 Å². The first kappa shape index (κ1) is 16.4. The molecule has 4 rings (SSSR count). The minimum atomic E-state index is 0.0139. The summed E-state index contributed by atoms with van der Waals surface area (Å²) in [5.74, 6) is 1.71. The second-order valence-corrected chi connectivity index (χ2v) is 7.42. The molecule has 0 bridgehead atoms. The van der Waals surface area contributed by atoms with Gasteiger partial charge in [0.1, 0.15) is 11.6 Å². The Kier molecular flexibility index (Phi) is 4.35.